The zero-order chi connectivity index (χ0) is 22.5. The largest absolute Gasteiger partial charge is 0.467 e. The molecule has 0 spiro atoms. The number of aromatic nitrogens is 2. The van der Waals surface area contributed by atoms with Gasteiger partial charge in [0.25, 0.3) is 5.56 Å². The third kappa shape index (κ3) is 4.94. The maximum atomic E-state index is 13.1. The van der Waals surface area contributed by atoms with Gasteiger partial charge >= 0.3 is 0 Å². The molecule has 2 aromatic carbocycles. The fraction of sp³-hybridized carbons (Fsp3) is 0.240. The van der Waals surface area contributed by atoms with Crippen molar-refractivity contribution in [1.82, 2.24) is 14.5 Å². The Morgan fingerprint density at radius 1 is 1.06 bits per heavy atom. The molecule has 32 heavy (non-hydrogen) atoms. The summed E-state index contributed by atoms with van der Waals surface area (Å²) in [6, 6.07) is 19.1. The molecule has 0 saturated carbocycles. The Morgan fingerprint density at radius 2 is 1.81 bits per heavy atom. The number of nitrogens with zero attached hydrogens (tertiary/aromatic N) is 3. The van der Waals surface area contributed by atoms with Crippen LogP contribution in [0.3, 0.4) is 0 Å². The Kier molecular flexibility index (Phi) is 6.75. The lowest BCUT2D eigenvalue weighted by atomic mass is 10.1. The smallest absolute Gasteiger partial charge is 0.262 e. The van der Waals surface area contributed by atoms with Gasteiger partial charge in [-0.15, -0.1) is 0 Å². The summed E-state index contributed by atoms with van der Waals surface area (Å²) in [5, 5.41) is 1.04. The number of para-hydroxylation sites is 1. The van der Waals surface area contributed by atoms with Crippen molar-refractivity contribution in [2.45, 2.75) is 31.6 Å². The van der Waals surface area contributed by atoms with E-state index in [0.29, 0.717) is 28.4 Å². The minimum absolute atomic E-state index is 0.0264. The molecule has 4 aromatic rings. The van der Waals surface area contributed by atoms with E-state index in [-0.39, 0.29) is 23.8 Å². The zero-order valence-corrected chi connectivity index (χ0v) is 19.0. The van der Waals surface area contributed by atoms with Crippen molar-refractivity contribution in [3.05, 3.63) is 94.2 Å². The Hall–Kier alpha value is -3.32. The van der Waals surface area contributed by atoms with E-state index in [4.69, 9.17) is 4.42 Å². The lowest BCUT2D eigenvalue weighted by Gasteiger charge is -2.18. The Labute approximate surface area is 190 Å². The van der Waals surface area contributed by atoms with Crippen LogP contribution in [0.5, 0.6) is 0 Å². The van der Waals surface area contributed by atoms with E-state index in [9.17, 15) is 9.59 Å². The quantitative estimate of drug-likeness (QED) is 0.297. The van der Waals surface area contributed by atoms with Gasteiger partial charge in [0.2, 0.25) is 5.91 Å². The normalized spacial score (nSPS) is 11.1. The number of hydrogen-bond acceptors (Lipinski definition) is 5. The van der Waals surface area contributed by atoms with Crippen LogP contribution in [-0.4, -0.2) is 33.2 Å². The van der Waals surface area contributed by atoms with Crippen LogP contribution in [0, 0.1) is 0 Å². The number of fused-ring (bicyclic) bond motifs is 1. The first kappa shape index (κ1) is 21.9. The molecule has 0 radical (unpaired) electrons. The van der Waals surface area contributed by atoms with Gasteiger partial charge in [0.1, 0.15) is 5.76 Å². The minimum Gasteiger partial charge on any atom is -0.467 e. The van der Waals surface area contributed by atoms with Gasteiger partial charge in [0.15, 0.2) is 5.16 Å². The lowest BCUT2D eigenvalue weighted by Crippen LogP contribution is -2.29. The highest BCUT2D eigenvalue weighted by Crippen LogP contribution is 2.20. The molecule has 0 aliphatic carbocycles. The number of carbonyl (C=O) groups is 1. The first-order valence-electron chi connectivity index (χ1n) is 10.5. The summed E-state index contributed by atoms with van der Waals surface area (Å²) in [6.07, 6.45) is 2.57. The number of thioether (sulfide) groups is 1. The van der Waals surface area contributed by atoms with Crippen LogP contribution in [-0.2, 0) is 24.3 Å². The van der Waals surface area contributed by atoms with E-state index in [1.165, 1.54) is 17.3 Å². The molecule has 0 saturated heterocycles. The van der Waals surface area contributed by atoms with Gasteiger partial charge in [0, 0.05) is 13.6 Å². The Morgan fingerprint density at radius 3 is 2.53 bits per heavy atom. The van der Waals surface area contributed by atoms with Crippen LogP contribution >= 0.6 is 11.8 Å². The second kappa shape index (κ2) is 9.87. The van der Waals surface area contributed by atoms with E-state index in [1.807, 2.05) is 24.3 Å². The standard InChI is InChI=1S/C25H25N3O3S/c1-3-18-10-12-19(13-11-18)15-27(2)23(29)17-32-25-26-22-9-5-4-8-21(22)24(30)28(25)16-20-7-6-14-31-20/h4-14H,3,15-17H2,1-2H3. The van der Waals surface area contributed by atoms with Crippen LogP contribution in [0.2, 0.25) is 0 Å². The predicted molar refractivity (Wildman–Crippen MR) is 127 cm³/mol. The first-order valence-corrected chi connectivity index (χ1v) is 11.5. The molecule has 2 heterocycles. The van der Waals surface area contributed by atoms with Gasteiger partial charge in [0.05, 0.1) is 29.5 Å². The summed E-state index contributed by atoms with van der Waals surface area (Å²) in [5.41, 5.74) is 2.83. The molecule has 0 unspecified atom stereocenters. The van der Waals surface area contributed by atoms with Crippen LogP contribution in [0.4, 0.5) is 0 Å². The summed E-state index contributed by atoms with van der Waals surface area (Å²) in [5.74, 6) is 0.818. The second-order valence-corrected chi connectivity index (χ2v) is 8.53. The van der Waals surface area contributed by atoms with Crippen LogP contribution in [0.1, 0.15) is 23.8 Å². The van der Waals surface area contributed by atoms with Crippen molar-refractivity contribution in [3.63, 3.8) is 0 Å². The molecule has 0 aliphatic rings. The van der Waals surface area contributed by atoms with E-state index in [0.717, 1.165) is 12.0 Å². The van der Waals surface area contributed by atoms with Crippen molar-refractivity contribution in [3.8, 4) is 0 Å². The topological polar surface area (TPSA) is 68.3 Å². The number of amides is 1. The van der Waals surface area contributed by atoms with Crippen LogP contribution in [0.25, 0.3) is 10.9 Å². The molecular weight excluding hydrogens is 422 g/mol. The average Bonchev–Trinajstić information content (AvgIpc) is 3.33. The molecular formula is C25H25N3O3S. The molecule has 164 valence electrons. The van der Waals surface area contributed by atoms with Crippen LogP contribution in [0.15, 0.2) is 81.3 Å². The third-order valence-corrected chi connectivity index (χ3v) is 6.28. The number of hydrogen-bond donors (Lipinski definition) is 0. The zero-order valence-electron chi connectivity index (χ0n) is 18.2. The maximum Gasteiger partial charge on any atom is 0.262 e. The van der Waals surface area contributed by atoms with Crippen LogP contribution < -0.4 is 5.56 Å². The number of aryl methyl sites for hydroxylation is 1. The SMILES string of the molecule is CCc1ccc(CN(C)C(=O)CSc2nc3ccccc3c(=O)n2Cc2ccco2)cc1. The molecule has 0 N–H and O–H groups in total. The highest BCUT2D eigenvalue weighted by atomic mass is 32.2. The number of benzene rings is 2. The maximum absolute atomic E-state index is 13.1. The van der Waals surface area contributed by atoms with E-state index < -0.39 is 0 Å². The van der Waals surface area contributed by atoms with Gasteiger partial charge in [-0.25, -0.2) is 4.98 Å². The van der Waals surface area contributed by atoms with Gasteiger partial charge in [-0.3, -0.25) is 14.2 Å². The molecule has 0 bridgehead atoms. The Balaban J connectivity index is 1.52. The van der Waals surface area contributed by atoms with Crippen molar-refractivity contribution in [2.75, 3.05) is 12.8 Å². The molecule has 1 amide bonds. The van der Waals surface area contributed by atoms with Crippen molar-refractivity contribution in [1.29, 1.82) is 0 Å². The fourth-order valence-electron chi connectivity index (χ4n) is 3.43. The fourth-order valence-corrected chi connectivity index (χ4v) is 4.37. The molecule has 6 nitrogen and oxygen atoms in total. The molecule has 7 heteroatoms. The Bertz CT molecular complexity index is 1260. The van der Waals surface area contributed by atoms with Crippen molar-refractivity contribution < 1.29 is 9.21 Å². The summed E-state index contributed by atoms with van der Waals surface area (Å²) in [7, 11) is 1.79. The highest BCUT2D eigenvalue weighted by Gasteiger charge is 2.16. The second-order valence-electron chi connectivity index (χ2n) is 7.59. The molecule has 0 aliphatic heterocycles. The predicted octanol–water partition coefficient (Wildman–Crippen LogP) is 4.35. The molecule has 4 rings (SSSR count). The monoisotopic (exact) mass is 447 g/mol. The molecule has 0 fully saturated rings. The number of rotatable bonds is 8. The first-order chi connectivity index (χ1) is 15.5. The third-order valence-electron chi connectivity index (χ3n) is 5.32. The average molecular weight is 448 g/mol. The summed E-state index contributed by atoms with van der Waals surface area (Å²) in [4.78, 5) is 32.3. The van der Waals surface area contributed by atoms with Gasteiger partial charge < -0.3 is 9.32 Å². The number of furan rings is 1. The van der Waals surface area contributed by atoms with Gasteiger partial charge in [-0.1, -0.05) is 55.1 Å². The van der Waals surface area contributed by atoms with Gasteiger partial charge in [-0.2, -0.15) is 0 Å². The minimum atomic E-state index is -0.147. The van der Waals surface area contributed by atoms with E-state index >= 15 is 0 Å². The van der Waals surface area contributed by atoms with E-state index in [2.05, 4.69) is 36.2 Å². The number of carbonyl (C=O) groups excluding carboxylic acids is 1. The highest BCUT2D eigenvalue weighted by molar-refractivity contribution is 7.99. The summed E-state index contributed by atoms with van der Waals surface area (Å²) in [6.45, 7) is 2.92. The van der Waals surface area contributed by atoms with Crippen molar-refractivity contribution >= 4 is 28.6 Å². The van der Waals surface area contributed by atoms with E-state index in [1.54, 1.807) is 34.9 Å². The lowest BCUT2D eigenvalue weighted by molar-refractivity contribution is -0.127. The summed E-state index contributed by atoms with van der Waals surface area (Å²) >= 11 is 1.27. The molecule has 0 atom stereocenters. The van der Waals surface area contributed by atoms with Gasteiger partial charge in [-0.05, 0) is 41.8 Å². The molecule has 2 aromatic heterocycles. The van der Waals surface area contributed by atoms with Crippen molar-refractivity contribution in [2.24, 2.45) is 0 Å². The summed E-state index contributed by atoms with van der Waals surface area (Å²) < 4.78 is 7.01.